The van der Waals surface area contributed by atoms with Gasteiger partial charge in [0, 0.05) is 18.7 Å². The molecular formula is C11H13N5O2S2. The Hall–Kier alpha value is -1.74. The fourth-order valence-electron chi connectivity index (χ4n) is 1.33. The second-order valence-electron chi connectivity index (χ2n) is 3.83. The topological polar surface area (TPSA) is 101 Å². The quantitative estimate of drug-likeness (QED) is 0.616. The van der Waals surface area contributed by atoms with E-state index in [9.17, 15) is 9.59 Å². The van der Waals surface area contributed by atoms with Crippen molar-refractivity contribution in [3.8, 4) is 0 Å². The maximum absolute atomic E-state index is 11.7. The molecule has 2 aromatic rings. The highest BCUT2D eigenvalue weighted by Gasteiger charge is 2.09. The molecule has 0 fully saturated rings. The highest BCUT2D eigenvalue weighted by Crippen LogP contribution is 2.17. The van der Waals surface area contributed by atoms with Crippen LogP contribution in [0.1, 0.15) is 18.4 Å². The lowest BCUT2D eigenvalue weighted by molar-refractivity contribution is -0.113. The lowest BCUT2D eigenvalue weighted by Crippen LogP contribution is -2.15. The summed E-state index contributed by atoms with van der Waals surface area (Å²) >= 11 is 2.53. The van der Waals surface area contributed by atoms with Gasteiger partial charge in [-0.1, -0.05) is 30.0 Å². The molecule has 2 N–H and O–H groups in total. The molecule has 106 valence electrons. The summed E-state index contributed by atoms with van der Waals surface area (Å²) in [5.74, 6) is -0.0592. The summed E-state index contributed by atoms with van der Waals surface area (Å²) in [4.78, 5) is 29.3. The number of hydrogen-bond donors (Lipinski definition) is 2. The summed E-state index contributed by atoms with van der Waals surface area (Å²) in [6.45, 7) is 2.06. The summed E-state index contributed by atoms with van der Waals surface area (Å²) < 4.78 is 0. The molecule has 0 aromatic carbocycles. The minimum absolute atomic E-state index is 0.148. The van der Waals surface area contributed by atoms with E-state index in [1.807, 2.05) is 0 Å². The number of anilines is 1. The molecule has 9 heteroatoms. The van der Waals surface area contributed by atoms with Crippen LogP contribution in [0, 0.1) is 0 Å². The number of carbonyl (C=O) groups is 1. The van der Waals surface area contributed by atoms with Gasteiger partial charge in [0.2, 0.25) is 11.0 Å². The molecule has 0 atom stereocenters. The van der Waals surface area contributed by atoms with E-state index < -0.39 is 0 Å². The highest BCUT2D eigenvalue weighted by molar-refractivity contribution is 7.99. The van der Waals surface area contributed by atoms with Gasteiger partial charge in [0.15, 0.2) is 5.16 Å². The number of aromatic nitrogens is 4. The van der Waals surface area contributed by atoms with Crippen LogP contribution in [0.2, 0.25) is 0 Å². The van der Waals surface area contributed by atoms with Crippen LogP contribution < -0.4 is 10.9 Å². The largest absolute Gasteiger partial charge is 0.301 e. The molecule has 0 spiro atoms. The van der Waals surface area contributed by atoms with Crippen molar-refractivity contribution in [2.75, 3.05) is 11.1 Å². The normalized spacial score (nSPS) is 10.4. The van der Waals surface area contributed by atoms with E-state index in [-0.39, 0.29) is 17.2 Å². The van der Waals surface area contributed by atoms with Crippen molar-refractivity contribution in [2.24, 2.45) is 0 Å². The van der Waals surface area contributed by atoms with E-state index >= 15 is 0 Å². The van der Waals surface area contributed by atoms with Crippen molar-refractivity contribution in [2.45, 2.75) is 24.9 Å². The fourth-order valence-corrected chi connectivity index (χ4v) is 2.84. The van der Waals surface area contributed by atoms with Crippen LogP contribution in [0.5, 0.6) is 0 Å². The molecule has 0 aliphatic heterocycles. The molecule has 2 aromatic heterocycles. The Labute approximate surface area is 123 Å². The van der Waals surface area contributed by atoms with Crippen molar-refractivity contribution in [1.82, 2.24) is 20.2 Å². The average molecular weight is 311 g/mol. The van der Waals surface area contributed by atoms with Crippen molar-refractivity contribution >= 4 is 34.1 Å². The maximum Gasteiger partial charge on any atom is 0.251 e. The number of H-pyrrole nitrogens is 1. The first kappa shape index (κ1) is 14.7. The van der Waals surface area contributed by atoms with Gasteiger partial charge in [-0.25, -0.2) is 4.98 Å². The minimum Gasteiger partial charge on any atom is -0.301 e. The first-order valence-electron chi connectivity index (χ1n) is 5.97. The maximum atomic E-state index is 11.7. The molecule has 20 heavy (non-hydrogen) atoms. The van der Waals surface area contributed by atoms with Gasteiger partial charge < -0.3 is 4.98 Å². The third kappa shape index (κ3) is 4.42. The van der Waals surface area contributed by atoms with E-state index in [0.717, 1.165) is 29.6 Å². The number of aryl methyl sites for hydroxylation is 1. The molecule has 0 saturated heterocycles. The number of nitrogens with zero attached hydrogens (tertiary/aromatic N) is 3. The predicted octanol–water partition coefficient (Wildman–Crippen LogP) is 1.30. The van der Waals surface area contributed by atoms with E-state index in [1.54, 1.807) is 0 Å². The molecule has 2 heterocycles. The Kier molecular flexibility index (Phi) is 5.24. The summed E-state index contributed by atoms with van der Waals surface area (Å²) in [6.07, 6.45) is 3.25. The number of amides is 1. The number of carbonyl (C=O) groups excluding carboxylic acids is 1. The van der Waals surface area contributed by atoms with E-state index in [1.165, 1.54) is 23.6 Å². The molecule has 2 rings (SSSR count). The van der Waals surface area contributed by atoms with E-state index in [2.05, 4.69) is 32.4 Å². The van der Waals surface area contributed by atoms with Crippen LogP contribution in [0.15, 0.2) is 22.2 Å². The Morgan fingerprint density at radius 2 is 2.35 bits per heavy atom. The first-order valence-corrected chi connectivity index (χ1v) is 7.78. The van der Waals surface area contributed by atoms with Crippen LogP contribution in [0.25, 0.3) is 0 Å². The van der Waals surface area contributed by atoms with Crippen LogP contribution in [0.4, 0.5) is 5.13 Å². The second-order valence-corrected chi connectivity index (χ2v) is 5.85. The molecule has 0 aliphatic carbocycles. The van der Waals surface area contributed by atoms with E-state index in [4.69, 9.17) is 0 Å². The zero-order valence-electron chi connectivity index (χ0n) is 10.8. The van der Waals surface area contributed by atoms with Gasteiger partial charge in [0.25, 0.3) is 5.56 Å². The van der Waals surface area contributed by atoms with Gasteiger partial charge in [0.1, 0.15) is 5.01 Å². The Morgan fingerprint density at radius 3 is 3.10 bits per heavy atom. The SMILES string of the molecule is CCCc1nnc(NC(=O)CSc2nccc(=O)[nH]2)s1. The zero-order valence-corrected chi connectivity index (χ0v) is 12.4. The molecule has 7 nitrogen and oxygen atoms in total. The standard InChI is InChI=1S/C11H13N5O2S2/c1-2-3-9-15-16-11(20-9)14-8(18)6-19-10-12-5-4-7(17)13-10/h4-5H,2-3,6H2,1H3,(H,12,13,17)(H,14,16,18). The Bertz CT molecular complexity index is 639. The van der Waals surface area contributed by atoms with Crippen LogP contribution >= 0.6 is 23.1 Å². The van der Waals surface area contributed by atoms with Gasteiger partial charge >= 0.3 is 0 Å². The molecule has 0 radical (unpaired) electrons. The minimum atomic E-state index is -0.240. The van der Waals surface area contributed by atoms with Crippen molar-refractivity contribution in [3.63, 3.8) is 0 Å². The Morgan fingerprint density at radius 1 is 1.50 bits per heavy atom. The number of thioether (sulfide) groups is 1. The summed E-state index contributed by atoms with van der Waals surface area (Å²) in [5.41, 5.74) is -0.240. The van der Waals surface area contributed by atoms with Gasteiger partial charge in [-0.15, -0.1) is 10.2 Å². The number of nitrogens with one attached hydrogen (secondary N) is 2. The lowest BCUT2D eigenvalue weighted by Gasteiger charge is -2.00. The number of aromatic amines is 1. The highest BCUT2D eigenvalue weighted by atomic mass is 32.2. The van der Waals surface area contributed by atoms with Crippen molar-refractivity contribution in [3.05, 3.63) is 27.6 Å². The molecule has 0 saturated carbocycles. The summed E-state index contributed by atoms with van der Waals surface area (Å²) in [7, 11) is 0. The average Bonchev–Trinajstić information content (AvgIpc) is 2.84. The monoisotopic (exact) mass is 311 g/mol. The van der Waals surface area contributed by atoms with Gasteiger partial charge in [-0.3, -0.25) is 14.9 Å². The van der Waals surface area contributed by atoms with Gasteiger partial charge in [0.05, 0.1) is 5.75 Å². The van der Waals surface area contributed by atoms with Crippen LogP contribution in [-0.4, -0.2) is 31.8 Å². The van der Waals surface area contributed by atoms with Crippen molar-refractivity contribution < 1.29 is 4.79 Å². The third-order valence-corrected chi connectivity index (χ3v) is 3.95. The predicted molar refractivity (Wildman–Crippen MR) is 78.1 cm³/mol. The third-order valence-electron chi connectivity index (χ3n) is 2.16. The van der Waals surface area contributed by atoms with Crippen LogP contribution in [0.3, 0.4) is 0 Å². The van der Waals surface area contributed by atoms with Crippen molar-refractivity contribution in [1.29, 1.82) is 0 Å². The first-order chi connectivity index (χ1) is 9.67. The second kappa shape index (κ2) is 7.15. The molecule has 0 aliphatic rings. The van der Waals surface area contributed by atoms with E-state index in [0.29, 0.717) is 10.3 Å². The molecular weight excluding hydrogens is 298 g/mol. The fraction of sp³-hybridized carbons (Fsp3) is 0.364. The number of hydrogen-bond acceptors (Lipinski definition) is 7. The summed E-state index contributed by atoms with van der Waals surface area (Å²) in [6, 6.07) is 1.32. The zero-order chi connectivity index (χ0) is 14.4. The molecule has 1 amide bonds. The smallest absolute Gasteiger partial charge is 0.251 e. The molecule has 0 unspecified atom stereocenters. The lowest BCUT2D eigenvalue weighted by atomic mass is 10.4. The summed E-state index contributed by atoms with van der Waals surface area (Å²) in [5, 5.41) is 12.4. The van der Waals surface area contributed by atoms with Gasteiger partial charge in [-0.05, 0) is 6.42 Å². The van der Waals surface area contributed by atoms with Crippen LogP contribution in [-0.2, 0) is 11.2 Å². The molecule has 0 bridgehead atoms. The van der Waals surface area contributed by atoms with Gasteiger partial charge in [-0.2, -0.15) is 0 Å². The Balaban J connectivity index is 1.84. The number of rotatable bonds is 6.